The van der Waals surface area contributed by atoms with Crippen molar-refractivity contribution in [2.24, 2.45) is 5.92 Å². The SMILES string of the molecule is CC(C)(CCO)NCC1CCSC1. The topological polar surface area (TPSA) is 32.3 Å². The van der Waals surface area contributed by atoms with Gasteiger partial charge in [0.15, 0.2) is 0 Å². The van der Waals surface area contributed by atoms with Crippen molar-refractivity contribution >= 4 is 11.8 Å². The molecule has 2 nitrogen and oxygen atoms in total. The second-order valence-corrected chi connectivity index (χ2v) is 5.62. The molecule has 13 heavy (non-hydrogen) atoms. The number of aliphatic hydroxyl groups is 1. The molecule has 0 aliphatic carbocycles. The van der Waals surface area contributed by atoms with Crippen LogP contribution in [0.3, 0.4) is 0 Å². The fourth-order valence-corrected chi connectivity index (χ4v) is 2.82. The molecule has 0 radical (unpaired) electrons. The first-order chi connectivity index (χ1) is 6.14. The summed E-state index contributed by atoms with van der Waals surface area (Å²) in [5, 5.41) is 12.4. The normalized spacial score (nSPS) is 23.8. The maximum atomic E-state index is 8.85. The van der Waals surface area contributed by atoms with Crippen molar-refractivity contribution in [3.8, 4) is 0 Å². The van der Waals surface area contributed by atoms with Gasteiger partial charge in [-0.25, -0.2) is 0 Å². The first-order valence-electron chi connectivity index (χ1n) is 5.08. The van der Waals surface area contributed by atoms with Crippen molar-refractivity contribution in [2.75, 3.05) is 24.7 Å². The highest BCUT2D eigenvalue weighted by atomic mass is 32.2. The lowest BCUT2D eigenvalue weighted by atomic mass is 9.99. The van der Waals surface area contributed by atoms with Crippen molar-refractivity contribution in [3.05, 3.63) is 0 Å². The predicted molar refractivity (Wildman–Crippen MR) is 59.2 cm³/mol. The van der Waals surface area contributed by atoms with Gasteiger partial charge in [-0.3, -0.25) is 0 Å². The lowest BCUT2D eigenvalue weighted by Crippen LogP contribution is -2.42. The quantitative estimate of drug-likeness (QED) is 0.710. The summed E-state index contributed by atoms with van der Waals surface area (Å²) in [6.45, 7) is 5.70. The summed E-state index contributed by atoms with van der Waals surface area (Å²) in [4.78, 5) is 0. The third kappa shape index (κ3) is 4.34. The molecule has 1 saturated heterocycles. The summed E-state index contributed by atoms with van der Waals surface area (Å²) < 4.78 is 0. The van der Waals surface area contributed by atoms with E-state index in [2.05, 4.69) is 30.9 Å². The van der Waals surface area contributed by atoms with Crippen LogP contribution < -0.4 is 5.32 Å². The molecule has 2 N–H and O–H groups in total. The van der Waals surface area contributed by atoms with Crippen LogP contribution in [-0.2, 0) is 0 Å². The van der Waals surface area contributed by atoms with E-state index in [4.69, 9.17) is 5.11 Å². The predicted octanol–water partition coefficient (Wildman–Crippen LogP) is 1.49. The van der Waals surface area contributed by atoms with Crippen LogP contribution in [0.5, 0.6) is 0 Å². The molecule has 0 aromatic carbocycles. The number of rotatable bonds is 5. The standard InChI is InChI=1S/C10H21NOS/c1-10(2,4-5-12)11-7-9-3-6-13-8-9/h9,11-12H,3-8H2,1-2H3. The molecule has 0 aromatic heterocycles. The van der Waals surface area contributed by atoms with Crippen LogP contribution in [0, 0.1) is 5.92 Å². The molecule has 0 bridgehead atoms. The largest absolute Gasteiger partial charge is 0.396 e. The molecular weight excluding hydrogens is 182 g/mol. The maximum Gasteiger partial charge on any atom is 0.0448 e. The summed E-state index contributed by atoms with van der Waals surface area (Å²) in [5.41, 5.74) is 0.0992. The van der Waals surface area contributed by atoms with Crippen molar-refractivity contribution in [2.45, 2.75) is 32.2 Å². The van der Waals surface area contributed by atoms with E-state index < -0.39 is 0 Å². The van der Waals surface area contributed by atoms with Crippen molar-refractivity contribution in [1.82, 2.24) is 5.32 Å². The fourth-order valence-electron chi connectivity index (χ4n) is 1.53. The lowest BCUT2D eigenvalue weighted by molar-refractivity contribution is 0.226. The maximum absolute atomic E-state index is 8.85. The van der Waals surface area contributed by atoms with E-state index in [1.54, 1.807) is 0 Å². The molecule has 3 heteroatoms. The van der Waals surface area contributed by atoms with Gasteiger partial charge in [0.05, 0.1) is 0 Å². The minimum absolute atomic E-state index is 0.0992. The number of nitrogens with one attached hydrogen (secondary N) is 1. The van der Waals surface area contributed by atoms with Gasteiger partial charge in [0, 0.05) is 12.1 Å². The average molecular weight is 203 g/mol. The Bertz CT molecular complexity index is 144. The van der Waals surface area contributed by atoms with Crippen LogP contribution in [0.25, 0.3) is 0 Å². The van der Waals surface area contributed by atoms with Crippen LogP contribution in [0.1, 0.15) is 26.7 Å². The zero-order valence-corrected chi connectivity index (χ0v) is 9.49. The van der Waals surface area contributed by atoms with Gasteiger partial charge in [0.25, 0.3) is 0 Å². The molecule has 78 valence electrons. The Balaban J connectivity index is 2.15. The molecule has 1 aliphatic heterocycles. The second kappa shape index (κ2) is 5.23. The first-order valence-corrected chi connectivity index (χ1v) is 6.23. The van der Waals surface area contributed by atoms with Crippen LogP contribution >= 0.6 is 11.8 Å². The van der Waals surface area contributed by atoms with E-state index >= 15 is 0 Å². The van der Waals surface area contributed by atoms with Gasteiger partial charge in [-0.1, -0.05) is 0 Å². The molecule has 1 unspecified atom stereocenters. The van der Waals surface area contributed by atoms with E-state index in [9.17, 15) is 0 Å². The third-order valence-corrected chi connectivity index (χ3v) is 3.86. The van der Waals surface area contributed by atoms with Crippen molar-refractivity contribution in [3.63, 3.8) is 0 Å². The Morgan fingerprint density at radius 1 is 1.54 bits per heavy atom. The fraction of sp³-hybridized carbons (Fsp3) is 1.00. The van der Waals surface area contributed by atoms with E-state index in [0.717, 1.165) is 18.9 Å². The zero-order valence-electron chi connectivity index (χ0n) is 8.68. The van der Waals surface area contributed by atoms with Gasteiger partial charge in [0.2, 0.25) is 0 Å². The molecule has 0 amide bonds. The minimum Gasteiger partial charge on any atom is -0.396 e. The molecule has 0 spiro atoms. The van der Waals surface area contributed by atoms with Crippen LogP contribution in [0.15, 0.2) is 0 Å². The molecule has 1 aliphatic rings. The summed E-state index contributed by atoms with van der Waals surface area (Å²) >= 11 is 2.06. The average Bonchev–Trinajstić information content (AvgIpc) is 2.52. The van der Waals surface area contributed by atoms with Gasteiger partial charge in [-0.2, -0.15) is 11.8 Å². The van der Waals surface area contributed by atoms with E-state index in [1.165, 1.54) is 17.9 Å². The highest BCUT2D eigenvalue weighted by Gasteiger charge is 2.20. The lowest BCUT2D eigenvalue weighted by Gasteiger charge is -2.27. The number of aliphatic hydroxyl groups excluding tert-OH is 1. The second-order valence-electron chi connectivity index (χ2n) is 4.47. The number of thioether (sulfide) groups is 1. The van der Waals surface area contributed by atoms with Crippen molar-refractivity contribution in [1.29, 1.82) is 0 Å². The number of hydrogen-bond donors (Lipinski definition) is 2. The van der Waals surface area contributed by atoms with Gasteiger partial charge in [-0.05, 0) is 50.7 Å². The first kappa shape index (κ1) is 11.3. The molecular formula is C10H21NOS. The zero-order chi connectivity index (χ0) is 9.73. The summed E-state index contributed by atoms with van der Waals surface area (Å²) in [5.74, 6) is 3.48. The Labute approximate surface area is 85.5 Å². The molecule has 1 fully saturated rings. The van der Waals surface area contributed by atoms with Gasteiger partial charge in [-0.15, -0.1) is 0 Å². The Hall–Kier alpha value is 0.270. The van der Waals surface area contributed by atoms with E-state index in [1.807, 2.05) is 0 Å². The van der Waals surface area contributed by atoms with Gasteiger partial charge >= 0.3 is 0 Å². The van der Waals surface area contributed by atoms with E-state index in [-0.39, 0.29) is 12.1 Å². The van der Waals surface area contributed by atoms with Crippen molar-refractivity contribution < 1.29 is 5.11 Å². The van der Waals surface area contributed by atoms with Gasteiger partial charge < -0.3 is 10.4 Å². The van der Waals surface area contributed by atoms with Gasteiger partial charge in [0.1, 0.15) is 0 Å². The molecule has 0 aromatic rings. The van der Waals surface area contributed by atoms with Crippen LogP contribution in [0.4, 0.5) is 0 Å². The molecule has 1 rings (SSSR count). The Kier molecular flexibility index (Phi) is 4.56. The third-order valence-electron chi connectivity index (χ3n) is 2.63. The minimum atomic E-state index is 0.0992. The highest BCUT2D eigenvalue weighted by Crippen LogP contribution is 2.23. The summed E-state index contributed by atoms with van der Waals surface area (Å²) in [6.07, 6.45) is 2.19. The molecule has 0 saturated carbocycles. The summed E-state index contributed by atoms with van der Waals surface area (Å²) in [6, 6.07) is 0. The highest BCUT2D eigenvalue weighted by molar-refractivity contribution is 7.99. The summed E-state index contributed by atoms with van der Waals surface area (Å²) in [7, 11) is 0. The monoisotopic (exact) mass is 203 g/mol. The van der Waals surface area contributed by atoms with Crippen LogP contribution in [-0.4, -0.2) is 35.3 Å². The van der Waals surface area contributed by atoms with Crippen LogP contribution in [0.2, 0.25) is 0 Å². The number of hydrogen-bond acceptors (Lipinski definition) is 3. The molecule has 1 atom stereocenters. The molecule has 1 heterocycles. The Morgan fingerprint density at radius 2 is 2.31 bits per heavy atom. The Morgan fingerprint density at radius 3 is 2.85 bits per heavy atom. The smallest absolute Gasteiger partial charge is 0.0448 e. The van der Waals surface area contributed by atoms with E-state index in [0.29, 0.717) is 0 Å².